The van der Waals surface area contributed by atoms with E-state index in [0.29, 0.717) is 38.8 Å². The summed E-state index contributed by atoms with van der Waals surface area (Å²) < 4.78 is 39.4. The van der Waals surface area contributed by atoms with E-state index in [9.17, 15) is 13.2 Å². The third kappa shape index (κ3) is 2.57. The standard InChI is InChI=1S/C12H12F3N3/c13-9-7-11(15)12(8-10(9)14)18-5-3-17(2-1-16)4-6-18/h7-8H,2-6H2. The highest BCUT2D eigenvalue weighted by Gasteiger charge is 2.20. The summed E-state index contributed by atoms with van der Waals surface area (Å²) in [5, 5.41) is 8.56. The molecule has 0 N–H and O–H groups in total. The average Bonchev–Trinajstić information content (AvgIpc) is 2.35. The van der Waals surface area contributed by atoms with Crippen LogP contribution in [0.3, 0.4) is 0 Å². The van der Waals surface area contributed by atoms with Crippen molar-refractivity contribution in [1.82, 2.24) is 4.90 Å². The summed E-state index contributed by atoms with van der Waals surface area (Å²) in [4.78, 5) is 3.58. The lowest BCUT2D eigenvalue weighted by Crippen LogP contribution is -2.46. The number of hydrogen-bond donors (Lipinski definition) is 0. The Labute approximate surface area is 103 Å². The van der Waals surface area contributed by atoms with E-state index >= 15 is 0 Å². The first-order chi connectivity index (χ1) is 8.61. The molecule has 1 aliphatic heterocycles. The number of piperazine rings is 1. The second kappa shape index (κ2) is 5.27. The van der Waals surface area contributed by atoms with Gasteiger partial charge in [0.1, 0.15) is 5.82 Å². The first-order valence-electron chi connectivity index (χ1n) is 5.60. The summed E-state index contributed by atoms with van der Waals surface area (Å²) in [5.41, 5.74) is 0.0745. The van der Waals surface area contributed by atoms with E-state index < -0.39 is 17.5 Å². The lowest BCUT2D eigenvalue weighted by Gasteiger charge is -2.35. The summed E-state index contributed by atoms with van der Waals surface area (Å²) in [6.45, 7) is 2.51. The fraction of sp³-hybridized carbons (Fsp3) is 0.417. The molecule has 0 unspecified atom stereocenters. The van der Waals surface area contributed by atoms with Gasteiger partial charge in [0.05, 0.1) is 18.3 Å². The van der Waals surface area contributed by atoms with Crippen molar-refractivity contribution < 1.29 is 13.2 Å². The maximum absolute atomic E-state index is 13.5. The highest BCUT2D eigenvalue weighted by Crippen LogP contribution is 2.23. The van der Waals surface area contributed by atoms with Gasteiger partial charge in [-0.05, 0) is 0 Å². The van der Waals surface area contributed by atoms with Crippen LogP contribution in [0.2, 0.25) is 0 Å². The number of halogens is 3. The smallest absolute Gasteiger partial charge is 0.161 e. The normalized spacial score (nSPS) is 16.7. The zero-order chi connectivity index (χ0) is 13.1. The van der Waals surface area contributed by atoms with Crippen LogP contribution in [-0.4, -0.2) is 37.6 Å². The van der Waals surface area contributed by atoms with Crippen LogP contribution in [0, 0.1) is 28.8 Å². The van der Waals surface area contributed by atoms with Crippen molar-refractivity contribution >= 4 is 5.69 Å². The quantitative estimate of drug-likeness (QED) is 0.595. The summed E-state index contributed by atoms with van der Waals surface area (Å²) in [6, 6.07) is 3.49. The van der Waals surface area contributed by atoms with Gasteiger partial charge in [0.15, 0.2) is 11.6 Å². The molecule has 1 aromatic carbocycles. The van der Waals surface area contributed by atoms with Crippen molar-refractivity contribution in [3.8, 4) is 6.07 Å². The molecular weight excluding hydrogens is 243 g/mol. The molecule has 1 aliphatic rings. The molecule has 0 amide bonds. The Morgan fingerprint density at radius 2 is 1.61 bits per heavy atom. The van der Waals surface area contributed by atoms with Gasteiger partial charge in [0.25, 0.3) is 0 Å². The van der Waals surface area contributed by atoms with Crippen LogP contribution >= 0.6 is 0 Å². The first kappa shape index (κ1) is 12.7. The van der Waals surface area contributed by atoms with Crippen LogP contribution in [0.4, 0.5) is 18.9 Å². The Morgan fingerprint density at radius 1 is 1.00 bits per heavy atom. The molecule has 0 spiro atoms. The van der Waals surface area contributed by atoms with E-state index in [1.165, 1.54) is 0 Å². The van der Waals surface area contributed by atoms with Gasteiger partial charge in [-0.3, -0.25) is 4.90 Å². The molecule has 1 fully saturated rings. The van der Waals surface area contributed by atoms with Crippen LogP contribution in [0.25, 0.3) is 0 Å². The number of anilines is 1. The number of benzene rings is 1. The van der Waals surface area contributed by atoms with Gasteiger partial charge >= 0.3 is 0 Å². The van der Waals surface area contributed by atoms with E-state index in [-0.39, 0.29) is 5.69 Å². The maximum Gasteiger partial charge on any atom is 0.161 e. The van der Waals surface area contributed by atoms with Crippen LogP contribution in [-0.2, 0) is 0 Å². The summed E-state index contributed by atoms with van der Waals surface area (Å²) in [6.07, 6.45) is 0. The zero-order valence-corrected chi connectivity index (χ0v) is 9.67. The molecule has 2 rings (SSSR count). The SMILES string of the molecule is N#CCN1CCN(c2cc(F)c(F)cc2F)CC1. The monoisotopic (exact) mass is 255 g/mol. The lowest BCUT2D eigenvalue weighted by molar-refractivity contribution is 0.286. The molecule has 1 aromatic rings. The van der Waals surface area contributed by atoms with Gasteiger partial charge in [0, 0.05) is 38.3 Å². The highest BCUT2D eigenvalue weighted by molar-refractivity contribution is 5.48. The molecule has 0 atom stereocenters. The van der Waals surface area contributed by atoms with E-state index in [4.69, 9.17) is 5.26 Å². The van der Waals surface area contributed by atoms with E-state index in [1.54, 1.807) is 4.90 Å². The minimum atomic E-state index is -1.18. The van der Waals surface area contributed by atoms with Crippen LogP contribution in [0.15, 0.2) is 12.1 Å². The molecule has 96 valence electrons. The Morgan fingerprint density at radius 3 is 2.22 bits per heavy atom. The number of nitriles is 1. The molecule has 18 heavy (non-hydrogen) atoms. The maximum atomic E-state index is 13.5. The third-order valence-electron chi connectivity index (χ3n) is 3.00. The van der Waals surface area contributed by atoms with Gasteiger partial charge < -0.3 is 4.90 Å². The summed E-state index contributed by atoms with van der Waals surface area (Å²) in [7, 11) is 0. The minimum absolute atomic E-state index is 0.0745. The van der Waals surface area contributed by atoms with Gasteiger partial charge in [-0.15, -0.1) is 0 Å². The third-order valence-corrected chi connectivity index (χ3v) is 3.00. The molecule has 1 heterocycles. The first-order valence-corrected chi connectivity index (χ1v) is 5.60. The van der Waals surface area contributed by atoms with E-state index in [1.807, 2.05) is 11.0 Å². The van der Waals surface area contributed by atoms with Crippen LogP contribution in [0.1, 0.15) is 0 Å². The molecule has 1 saturated heterocycles. The van der Waals surface area contributed by atoms with Crippen molar-refractivity contribution in [3.63, 3.8) is 0 Å². The molecule has 0 bridgehead atoms. The van der Waals surface area contributed by atoms with Crippen molar-refractivity contribution in [2.24, 2.45) is 0 Å². The number of hydrogen-bond acceptors (Lipinski definition) is 3. The average molecular weight is 255 g/mol. The predicted molar refractivity (Wildman–Crippen MR) is 60.6 cm³/mol. The number of rotatable bonds is 2. The second-order valence-corrected chi connectivity index (χ2v) is 4.14. The highest BCUT2D eigenvalue weighted by atomic mass is 19.2. The molecule has 0 saturated carbocycles. The Kier molecular flexibility index (Phi) is 3.72. The second-order valence-electron chi connectivity index (χ2n) is 4.14. The molecule has 0 aliphatic carbocycles. The van der Waals surface area contributed by atoms with Crippen molar-refractivity contribution in [1.29, 1.82) is 5.26 Å². The van der Waals surface area contributed by atoms with Crippen LogP contribution in [0.5, 0.6) is 0 Å². The fourth-order valence-electron chi connectivity index (χ4n) is 2.00. The minimum Gasteiger partial charge on any atom is -0.367 e. The van der Waals surface area contributed by atoms with Gasteiger partial charge in [-0.2, -0.15) is 5.26 Å². The fourth-order valence-corrected chi connectivity index (χ4v) is 2.00. The van der Waals surface area contributed by atoms with Crippen molar-refractivity contribution in [2.75, 3.05) is 37.6 Å². The molecular formula is C12H12F3N3. The van der Waals surface area contributed by atoms with Gasteiger partial charge in [-0.1, -0.05) is 0 Å². The van der Waals surface area contributed by atoms with E-state index in [0.717, 1.165) is 6.07 Å². The lowest BCUT2D eigenvalue weighted by atomic mass is 10.2. The molecule has 0 aromatic heterocycles. The Bertz CT molecular complexity index is 476. The van der Waals surface area contributed by atoms with Gasteiger partial charge in [-0.25, -0.2) is 13.2 Å². The van der Waals surface area contributed by atoms with Crippen molar-refractivity contribution in [2.45, 2.75) is 0 Å². The zero-order valence-electron chi connectivity index (χ0n) is 9.67. The van der Waals surface area contributed by atoms with E-state index in [2.05, 4.69) is 0 Å². The Balaban J connectivity index is 2.10. The van der Waals surface area contributed by atoms with Crippen molar-refractivity contribution in [3.05, 3.63) is 29.6 Å². The largest absolute Gasteiger partial charge is 0.367 e. The molecule has 6 heteroatoms. The number of nitrogens with zero attached hydrogens (tertiary/aromatic N) is 3. The summed E-state index contributed by atoms with van der Waals surface area (Å²) >= 11 is 0. The van der Waals surface area contributed by atoms with Crippen LogP contribution < -0.4 is 4.90 Å². The molecule has 0 radical (unpaired) electrons. The van der Waals surface area contributed by atoms with Gasteiger partial charge in [0.2, 0.25) is 0 Å². The topological polar surface area (TPSA) is 30.3 Å². The molecule has 3 nitrogen and oxygen atoms in total. The Hall–Kier alpha value is -1.74. The predicted octanol–water partition coefficient (Wildman–Crippen LogP) is 1.75. The summed E-state index contributed by atoms with van der Waals surface area (Å²) in [5.74, 6) is -2.99.